The van der Waals surface area contributed by atoms with Gasteiger partial charge in [-0.25, -0.2) is 0 Å². The lowest BCUT2D eigenvalue weighted by Gasteiger charge is -2.02. The van der Waals surface area contributed by atoms with Crippen LogP contribution in [0.3, 0.4) is 0 Å². The molecule has 62 valence electrons. The summed E-state index contributed by atoms with van der Waals surface area (Å²) in [6.45, 7) is 0. The van der Waals surface area contributed by atoms with Crippen molar-refractivity contribution >= 4 is 46.1 Å². The van der Waals surface area contributed by atoms with Crippen LogP contribution in [0.5, 0.6) is 0 Å². The van der Waals surface area contributed by atoms with Crippen LogP contribution in [0.1, 0.15) is 5.56 Å². The second-order valence-electron chi connectivity index (χ2n) is 1.81. The van der Waals surface area contributed by atoms with E-state index in [9.17, 15) is 0 Å². The quantitative estimate of drug-likeness (QED) is 0.464. The van der Waals surface area contributed by atoms with Gasteiger partial charge in [-0.1, -0.05) is 0 Å². The highest BCUT2D eigenvalue weighted by Crippen LogP contribution is 2.20. The molecule has 3 N–H and O–H groups in total. The lowest BCUT2D eigenvalue weighted by atomic mass is 10.3. The van der Waals surface area contributed by atoms with Crippen LogP contribution in [0.15, 0.2) is 0 Å². The molecule has 0 saturated heterocycles. The maximum Gasteiger partial charge on any atom is 0.226 e. The topological polar surface area (TPSA) is 87.6 Å². The number of anilines is 2. The Morgan fingerprint density at radius 3 is 2.75 bits per heavy atom. The van der Waals surface area contributed by atoms with E-state index in [4.69, 9.17) is 22.6 Å². The van der Waals surface area contributed by atoms with E-state index in [0.717, 1.165) is 0 Å². The summed E-state index contributed by atoms with van der Waals surface area (Å²) in [7, 11) is 0. The number of nitriles is 1. The molecule has 0 aromatic carbocycles. The second kappa shape index (κ2) is 3.73. The van der Waals surface area contributed by atoms with Crippen LogP contribution in [0.4, 0.5) is 11.6 Å². The molecule has 0 spiro atoms. The summed E-state index contributed by atoms with van der Waals surface area (Å²) in [5.41, 5.74) is 5.61. The van der Waals surface area contributed by atoms with Crippen molar-refractivity contribution in [1.82, 2.24) is 9.97 Å². The largest absolute Gasteiger partial charge is 0.382 e. The summed E-state index contributed by atoms with van der Waals surface area (Å²) in [6.07, 6.45) is 0. The maximum atomic E-state index is 8.62. The lowest BCUT2D eigenvalue weighted by molar-refractivity contribution is 1.17. The Balaban J connectivity index is 3.36. The third-order valence-electron chi connectivity index (χ3n) is 1.11. The highest BCUT2D eigenvalue weighted by Gasteiger charge is 2.09. The fraction of sp³-hybridized carbons (Fsp3) is 0. The predicted molar refractivity (Wildman–Crippen MR) is 53.8 cm³/mol. The van der Waals surface area contributed by atoms with Crippen molar-refractivity contribution in [2.75, 3.05) is 9.26 Å². The molecule has 0 saturated carbocycles. The number of nitrogens with one attached hydrogen (secondary N) is 1. The summed E-state index contributed by atoms with van der Waals surface area (Å²) in [5, 5.41) is 8.64. The minimum Gasteiger partial charge on any atom is -0.382 e. The molecular formula is C5H3ClIN5. The van der Waals surface area contributed by atoms with Crippen molar-refractivity contribution in [2.45, 2.75) is 0 Å². The van der Waals surface area contributed by atoms with Crippen molar-refractivity contribution in [3.63, 3.8) is 0 Å². The molecule has 1 rings (SSSR count). The molecule has 0 aliphatic carbocycles. The van der Waals surface area contributed by atoms with Crippen molar-refractivity contribution in [1.29, 1.82) is 5.26 Å². The number of aromatic nitrogens is 2. The zero-order valence-corrected chi connectivity index (χ0v) is 8.59. The average Bonchev–Trinajstić information content (AvgIpc) is 2.03. The SMILES string of the molecule is N#Cc1c(N)nc(Cl)nc1NI. The molecular weight excluding hydrogens is 292 g/mol. The summed E-state index contributed by atoms with van der Waals surface area (Å²) < 4.78 is 2.66. The number of halogens is 2. The van der Waals surface area contributed by atoms with Crippen LogP contribution in [0.25, 0.3) is 0 Å². The smallest absolute Gasteiger partial charge is 0.226 e. The summed E-state index contributed by atoms with van der Waals surface area (Å²) in [5.74, 6) is 0.410. The number of hydrogen-bond donors (Lipinski definition) is 2. The second-order valence-corrected chi connectivity index (χ2v) is 2.69. The first kappa shape index (κ1) is 9.28. The van der Waals surface area contributed by atoms with Crippen LogP contribution in [-0.4, -0.2) is 9.97 Å². The third kappa shape index (κ3) is 1.67. The molecule has 0 fully saturated rings. The number of rotatable bonds is 1. The first-order valence-electron chi connectivity index (χ1n) is 2.78. The van der Waals surface area contributed by atoms with Gasteiger partial charge < -0.3 is 9.26 Å². The molecule has 0 atom stereocenters. The molecule has 1 aromatic heterocycles. The van der Waals surface area contributed by atoms with E-state index in [1.54, 1.807) is 0 Å². The Morgan fingerprint density at radius 1 is 1.58 bits per heavy atom. The molecule has 0 radical (unpaired) electrons. The molecule has 12 heavy (non-hydrogen) atoms. The van der Waals surface area contributed by atoms with Gasteiger partial charge in [-0.2, -0.15) is 15.2 Å². The van der Waals surface area contributed by atoms with Gasteiger partial charge in [0.05, 0.1) is 22.9 Å². The Hall–Kier alpha value is -0.810. The molecule has 0 bridgehead atoms. The standard InChI is InChI=1S/C5H3ClIN5/c6-5-10-3(9)2(1-8)4(11-5)12-7/h(H3,9,10,11,12). The zero-order valence-electron chi connectivity index (χ0n) is 5.67. The van der Waals surface area contributed by atoms with Crippen molar-refractivity contribution in [3.8, 4) is 6.07 Å². The maximum absolute atomic E-state index is 8.62. The highest BCUT2D eigenvalue weighted by atomic mass is 127. The van der Waals surface area contributed by atoms with Gasteiger partial charge in [0.15, 0.2) is 5.82 Å². The van der Waals surface area contributed by atoms with Gasteiger partial charge in [0, 0.05) is 0 Å². The summed E-state index contributed by atoms with van der Waals surface area (Å²) >= 11 is 7.33. The first-order chi connectivity index (χ1) is 5.69. The van der Waals surface area contributed by atoms with Gasteiger partial charge in [0.1, 0.15) is 17.5 Å². The minimum atomic E-state index is 0.0191. The van der Waals surface area contributed by atoms with Gasteiger partial charge in [0.2, 0.25) is 5.28 Å². The average molecular weight is 295 g/mol. The Labute approximate surface area is 87.4 Å². The Bertz CT molecular complexity index is 346. The van der Waals surface area contributed by atoms with Crippen molar-refractivity contribution in [2.24, 2.45) is 0 Å². The van der Waals surface area contributed by atoms with E-state index in [1.807, 2.05) is 28.9 Å². The number of nitrogen functional groups attached to an aromatic ring is 1. The van der Waals surface area contributed by atoms with Crippen LogP contribution >= 0.6 is 34.5 Å². The molecule has 1 aromatic rings. The van der Waals surface area contributed by atoms with Crippen LogP contribution < -0.4 is 9.26 Å². The van der Waals surface area contributed by atoms with Crippen molar-refractivity contribution < 1.29 is 0 Å². The molecule has 0 unspecified atom stereocenters. The molecule has 0 aliphatic heterocycles. The highest BCUT2D eigenvalue weighted by molar-refractivity contribution is 14.1. The number of nitrogens with zero attached hydrogens (tertiary/aromatic N) is 3. The molecule has 1 heterocycles. The fourth-order valence-corrected chi connectivity index (χ4v) is 1.19. The first-order valence-corrected chi connectivity index (χ1v) is 4.24. The zero-order chi connectivity index (χ0) is 9.14. The van der Waals surface area contributed by atoms with Crippen LogP contribution in [0.2, 0.25) is 5.28 Å². The lowest BCUT2D eigenvalue weighted by Crippen LogP contribution is -2.01. The van der Waals surface area contributed by atoms with E-state index in [1.165, 1.54) is 0 Å². The van der Waals surface area contributed by atoms with E-state index in [2.05, 4.69) is 13.5 Å². The van der Waals surface area contributed by atoms with E-state index in [0.29, 0.717) is 5.82 Å². The number of hydrogen-bond acceptors (Lipinski definition) is 5. The molecule has 0 aliphatic rings. The van der Waals surface area contributed by atoms with Gasteiger partial charge >= 0.3 is 0 Å². The van der Waals surface area contributed by atoms with Gasteiger partial charge in [-0.05, 0) is 11.6 Å². The fourth-order valence-electron chi connectivity index (χ4n) is 0.628. The predicted octanol–water partition coefficient (Wildman–Crippen LogP) is 1.35. The van der Waals surface area contributed by atoms with Gasteiger partial charge in [-0.3, -0.25) is 0 Å². The molecule has 0 amide bonds. The van der Waals surface area contributed by atoms with E-state index in [-0.39, 0.29) is 16.7 Å². The van der Waals surface area contributed by atoms with Crippen LogP contribution in [-0.2, 0) is 0 Å². The van der Waals surface area contributed by atoms with E-state index < -0.39 is 0 Å². The normalized spacial score (nSPS) is 9.08. The summed E-state index contributed by atoms with van der Waals surface area (Å²) in [4.78, 5) is 7.38. The Morgan fingerprint density at radius 2 is 2.25 bits per heavy atom. The van der Waals surface area contributed by atoms with Crippen LogP contribution in [0, 0.1) is 11.3 Å². The van der Waals surface area contributed by atoms with Gasteiger partial charge in [0.25, 0.3) is 0 Å². The summed E-state index contributed by atoms with van der Waals surface area (Å²) in [6, 6.07) is 1.87. The van der Waals surface area contributed by atoms with Gasteiger partial charge in [-0.15, -0.1) is 0 Å². The Kier molecular flexibility index (Phi) is 2.88. The minimum absolute atomic E-state index is 0.0191. The monoisotopic (exact) mass is 295 g/mol. The molecule has 5 nitrogen and oxygen atoms in total. The molecule has 7 heteroatoms. The third-order valence-corrected chi connectivity index (χ3v) is 1.79. The van der Waals surface area contributed by atoms with Crippen molar-refractivity contribution in [3.05, 3.63) is 10.8 Å². The van der Waals surface area contributed by atoms with E-state index >= 15 is 0 Å². The number of nitrogens with two attached hydrogens (primary N) is 1.